The summed E-state index contributed by atoms with van der Waals surface area (Å²) in [4.78, 5) is 14.0. The van der Waals surface area contributed by atoms with E-state index in [-0.39, 0.29) is 11.7 Å². The zero-order valence-corrected chi connectivity index (χ0v) is 12.0. The van der Waals surface area contributed by atoms with E-state index >= 15 is 0 Å². The van der Waals surface area contributed by atoms with Gasteiger partial charge in [-0.15, -0.1) is 11.3 Å². The number of hydrogen-bond acceptors (Lipinski definition) is 3. The minimum absolute atomic E-state index is 0.0410. The smallest absolute Gasteiger partial charge is 0.174 e. The summed E-state index contributed by atoms with van der Waals surface area (Å²) >= 11 is 1.70. The van der Waals surface area contributed by atoms with Crippen LogP contribution in [-0.2, 0) is 6.42 Å². The van der Waals surface area contributed by atoms with Crippen LogP contribution >= 0.6 is 11.3 Å². The molecule has 0 aliphatic heterocycles. The zero-order valence-electron chi connectivity index (χ0n) is 11.2. The van der Waals surface area contributed by atoms with Gasteiger partial charge in [-0.3, -0.25) is 4.79 Å². The number of benzene rings is 1. The highest BCUT2D eigenvalue weighted by molar-refractivity contribution is 7.10. The number of rotatable bonds is 3. The van der Waals surface area contributed by atoms with Crippen molar-refractivity contribution in [1.29, 1.82) is 0 Å². The number of hydrogen-bond donors (Lipinski definition) is 0. The summed E-state index contributed by atoms with van der Waals surface area (Å²) in [7, 11) is 1.50. The molecule has 0 radical (unpaired) electrons. The van der Waals surface area contributed by atoms with Crippen molar-refractivity contribution in [3.05, 3.63) is 51.5 Å². The van der Waals surface area contributed by atoms with Gasteiger partial charge >= 0.3 is 0 Å². The predicted molar refractivity (Wildman–Crippen MR) is 77.3 cm³/mol. The molecule has 1 atom stereocenters. The van der Waals surface area contributed by atoms with Crippen molar-refractivity contribution in [2.45, 2.75) is 25.2 Å². The van der Waals surface area contributed by atoms with Gasteiger partial charge < -0.3 is 4.74 Å². The number of fused-ring (bicyclic) bond motifs is 1. The largest absolute Gasteiger partial charge is 0.496 e. The van der Waals surface area contributed by atoms with Gasteiger partial charge in [0.05, 0.1) is 12.7 Å². The number of halogens is 1. The van der Waals surface area contributed by atoms with Crippen LogP contribution in [0.4, 0.5) is 4.39 Å². The van der Waals surface area contributed by atoms with Crippen molar-refractivity contribution in [3.8, 4) is 5.75 Å². The highest BCUT2D eigenvalue weighted by atomic mass is 32.1. The molecule has 1 heterocycles. The molecule has 1 unspecified atom stereocenters. The van der Waals surface area contributed by atoms with Crippen molar-refractivity contribution in [2.75, 3.05) is 7.11 Å². The second kappa shape index (κ2) is 5.37. The van der Waals surface area contributed by atoms with Crippen molar-refractivity contribution in [2.24, 2.45) is 0 Å². The number of carbonyl (C=O) groups excluding carboxylic acids is 1. The molecular weight excluding hydrogens is 275 g/mol. The molecule has 0 spiro atoms. The number of carbonyl (C=O) groups is 1. The first kappa shape index (κ1) is 13.3. The van der Waals surface area contributed by atoms with Gasteiger partial charge in [-0.25, -0.2) is 4.39 Å². The Morgan fingerprint density at radius 2 is 2.25 bits per heavy atom. The third-order valence-electron chi connectivity index (χ3n) is 3.80. The van der Waals surface area contributed by atoms with E-state index in [1.165, 1.54) is 30.2 Å². The van der Waals surface area contributed by atoms with Gasteiger partial charge in [-0.05, 0) is 54.5 Å². The van der Waals surface area contributed by atoms with Crippen LogP contribution in [0.3, 0.4) is 0 Å². The van der Waals surface area contributed by atoms with E-state index in [1.54, 1.807) is 11.3 Å². The average molecular weight is 290 g/mol. The monoisotopic (exact) mass is 290 g/mol. The van der Waals surface area contributed by atoms with E-state index in [4.69, 9.17) is 4.74 Å². The third kappa shape index (κ3) is 2.24. The molecule has 1 aromatic heterocycles. The van der Waals surface area contributed by atoms with E-state index in [9.17, 15) is 9.18 Å². The number of Topliss-reactive ketones (excluding diaryl/α,β-unsaturated/α-hetero) is 1. The van der Waals surface area contributed by atoms with Crippen LogP contribution in [0.25, 0.3) is 0 Å². The maximum absolute atomic E-state index is 13.4. The summed E-state index contributed by atoms with van der Waals surface area (Å²) in [5, 5.41) is 2.03. The molecule has 0 bridgehead atoms. The van der Waals surface area contributed by atoms with Gasteiger partial charge in [-0.1, -0.05) is 0 Å². The second-order valence-electron chi connectivity index (χ2n) is 4.95. The van der Waals surface area contributed by atoms with E-state index in [1.807, 2.05) is 11.4 Å². The topological polar surface area (TPSA) is 26.3 Å². The van der Waals surface area contributed by atoms with Crippen LogP contribution in [0.15, 0.2) is 29.6 Å². The summed E-state index contributed by atoms with van der Waals surface area (Å²) in [5.41, 5.74) is 1.45. The first-order chi connectivity index (χ1) is 9.70. The molecule has 0 saturated carbocycles. The highest BCUT2D eigenvalue weighted by Gasteiger charge is 2.29. The van der Waals surface area contributed by atoms with Crippen molar-refractivity contribution in [1.82, 2.24) is 0 Å². The minimum Gasteiger partial charge on any atom is -0.496 e. The van der Waals surface area contributed by atoms with Gasteiger partial charge in [0.25, 0.3) is 0 Å². The molecule has 1 aliphatic carbocycles. The highest BCUT2D eigenvalue weighted by Crippen LogP contribution is 2.38. The van der Waals surface area contributed by atoms with E-state index in [0.717, 1.165) is 24.8 Å². The Kier molecular flexibility index (Phi) is 3.57. The molecule has 1 aromatic carbocycles. The van der Waals surface area contributed by atoms with Crippen molar-refractivity contribution in [3.63, 3.8) is 0 Å². The maximum atomic E-state index is 13.4. The summed E-state index contributed by atoms with van der Waals surface area (Å²) in [6, 6.07) is 6.13. The Morgan fingerprint density at radius 3 is 3.05 bits per heavy atom. The molecule has 104 valence electrons. The average Bonchev–Trinajstić information content (AvgIpc) is 2.94. The normalized spacial score (nSPS) is 17.6. The summed E-state index contributed by atoms with van der Waals surface area (Å²) in [6.07, 6.45) is 2.86. The first-order valence-electron chi connectivity index (χ1n) is 6.64. The van der Waals surface area contributed by atoms with Crippen molar-refractivity contribution >= 4 is 17.1 Å². The fourth-order valence-electron chi connectivity index (χ4n) is 2.82. The second-order valence-corrected chi connectivity index (χ2v) is 5.95. The van der Waals surface area contributed by atoms with E-state index in [0.29, 0.717) is 11.3 Å². The lowest BCUT2D eigenvalue weighted by atomic mass is 9.82. The molecule has 2 nitrogen and oxygen atoms in total. The fraction of sp³-hybridized carbons (Fsp3) is 0.312. The molecule has 0 amide bonds. The molecule has 20 heavy (non-hydrogen) atoms. The van der Waals surface area contributed by atoms with Gasteiger partial charge in [0.15, 0.2) is 5.78 Å². The molecule has 0 saturated heterocycles. The maximum Gasteiger partial charge on any atom is 0.174 e. The van der Waals surface area contributed by atoms with Gasteiger partial charge in [-0.2, -0.15) is 0 Å². The molecule has 0 N–H and O–H groups in total. The van der Waals surface area contributed by atoms with Crippen LogP contribution in [0.2, 0.25) is 0 Å². The molecule has 0 fully saturated rings. The lowest BCUT2D eigenvalue weighted by Gasteiger charge is -2.22. The molecule has 4 heteroatoms. The standard InChI is InChI=1S/C16H15FO2S/c1-19-14-6-5-10(17)9-13(14)16(18)12-3-2-4-15-11(12)7-8-20-15/h5-9,12H,2-4H2,1H3. The Hall–Kier alpha value is -1.68. The SMILES string of the molecule is COc1ccc(F)cc1C(=O)C1CCCc2sccc21. The number of aryl methyl sites for hydroxylation is 1. The quantitative estimate of drug-likeness (QED) is 0.792. The van der Waals surface area contributed by atoms with Crippen LogP contribution < -0.4 is 4.74 Å². The Morgan fingerprint density at radius 1 is 1.40 bits per heavy atom. The third-order valence-corrected chi connectivity index (χ3v) is 4.79. The van der Waals surface area contributed by atoms with E-state index in [2.05, 4.69) is 0 Å². The lowest BCUT2D eigenvalue weighted by Crippen LogP contribution is -2.18. The van der Waals surface area contributed by atoms with Gasteiger partial charge in [0, 0.05) is 10.8 Å². The zero-order chi connectivity index (χ0) is 14.1. The van der Waals surface area contributed by atoms with Crippen LogP contribution in [0.5, 0.6) is 5.75 Å². The molecule has 3 rings (SSSR count). The number of thiophene rings is 1. The fourth-order valence-corrected chi connectivity index (χ4v) is 3.81. The minimum atomic E-state index is -0.407. The summed E-state index contributed by atoms with van der Waals surface area (Å²) in [5.74, 6) is -0.171. The van der Waals surface area contributed by atoms with Gasteiger partial charge in [0.1, 0.15) is 11.6 Å². The molecular formula is C16H15FO2S. The van der Waals surface area contributed by atoms with Crippen LogP contribution in [0.1, 0.15) is 39.6 Å². The number of ketones is 1. The number of methoxy groups -OCH3 is 1. The Labute approximate surface area is 121 Å². The van der Waals surface area contributed by atoms with E-state index < -0.39 is 5.82 Å². The predicted octanol–water partition coefficient (Wildman–Crippen LogP) is 4.20. The summed E-state index contributed by atoms with van der Waals surface area (Å²) < 4.78 is 18.6. The molecule has 1 aliphatic rings. The van der Waals surface area contributed by atoms with Crippen molar-refractivity contribution < 1.29 is 13.9 Å². The van der Waals surface area contributed by atoms with Crippen LogP contribution in [-0.4, -0.2) is 12.9 Å². The molecule has 2 aromatic rings. The first-order valence-corrected chi connectivity index (χ1v) is 7.52. The summed E-state index contributed by atoms with van der Waals surface area (Å²) in [6.45, 7) is 0. The Balaban J connectivity index is 2.01. The lowest BCUT2D eigenvalue weighted by molar-refractivity contribution is 0.0948. The van der Waals surface area contributed by atoms with Crippen LogP contribution in [0, 0.1) is 5.82 Å². The Bertz CT molecular complexity index is 648. The van der Waals surface area contributed by atoms with Gasteiger partial charge in [0.2, 0.25) is 0 Å². The number of ether oxygens (including phenoxy) is 1.